The molecule has 0 bridgehead atoms. The van der Waals surface area contributed by atoms with E-state index in [0.29, 0.717) is 19.4 Å². The summed E-state index contributed by atoms with van der Waals surface area (Å²) >= 11 is 0. The van der Waals surface area contributed by atoms with E-state index < -0.39 is 0 Å². The number of alkyl halides is 1. The SMILES string of the molecule is CCCCCCCCC(=O)OCCCCCCCCF. The van der Waals surface area contributed by atoms with Crippen molar-refractivity contribution in [1.29, 1.82) is 0 Å². The summed E-state index contributed by atoms with van der Waals surface area (Å²) in [4.78, 5) is 11.4. The largest absolute Gasteiger partial charge is 0.466 e. The number of ether oxygens (including phenoxy) is 1. The first-order valence-corrected chi connectivity index (χ1v) is 8.52. The second kappa shape index (κ2) is 16.5. The number of carbonyl (C=O) groups excluding carboxylic acids is 1. The van der Waals surface area contributed by atoms with Crippen LogP contribution in [0.1, 0.15) is 90.4 Å². The summed E-state index contributed by atoms with van der Waals surface area (Å²) in [5.74, 6) is -0.0436. The molecule has 0 unspecified atom stereocenters. The Morgan fingerprint density at radius 2 is 1.35 bits per heavy atom. The molecule has 2 nitrogen and oxygen atoms in total. The van der Waals surface area contributed by atoms with Gasteiger partial charge in [-0.05, 0) is 19.3 Å². The van der Waals surface area contributed by atoms with Crippen molar-refractivity contribution < 1.29 is 13.9 Å². The summed E-state index contributed by atoms with van der Waals surface area (Å²) in [5.41, 5.74) is 0. The van der Waals surface area contributed by atoms with Crippen LogP contribution in [0.5, 0.6) is 0 Å². The zero-order valence-electron chi connectivity index (χ0n) is 13.3. The summed E-state index contributed by atoms with van der Waals surface area (Å²) < 4.78 is 17.0. The molecule has 0 aliphatic heterocycles. The second-order valence-electron chi connectivity index (χ2n) is 5.55. The van der Waals surface area contributed by atoms with Crippen LogP contribution in [0.3, 0.4) is 0 Å². The van der Waals surface area contributed by atoms with Gasteiger partial charge in [0.05, 0.1) is 13.3 Å². The Balaban J connectivity index is 3.12. The molecule has 120 valence electrons. The van der Waals surface area contributed by atoms with Crippen LogP contribution in [0.25, 0.3) is 0 Å². The molecule has 0 aliphatic carbocycles. The first-order chi connectivity index (χ1) is 9.81. The number of hydrogen-bond acceptors (Lipinski definition) is 2. The van der Waals surface area contributed by atoms with E-state index in [2.05, 4.69) is 6.92 Å². The molecular weight excluding hydrogens is 255 g/mol. The Morgan fingerprint density at radius 3 is 2.00 bits per heavy atom. The van der Waals surface area contributed by atoms with Crippen LogP contribution in [-0.4, -0.2) is 19.3 Å². The predicted molar refractivity (Wildman–Crippen MR) is 82.6 cm³/mol. The fraction of sp³-hybridized carbons (Fsp3) is 0.941. The first kappa shape index (κ1) is 19.4. The minimum absolute atomic E-state index is 0.0436. The Morgan fingerprint density at radius 1 is 0.800 bits per heavy atom. The van der Waals surface area contributed by atoms with Gasteiger partial charge in [0.1, 0.15) is 0 Å². The van der Waals surface area contributed by atoms with Gasteiger partial charge >= 0.3 is 5.97 Å². The van der Waals surface area contributed by atoms with Gasteiger partial charge in [0, 0.05) is 6.42 Å². The summed E-state index contributed by atoms with van der Waals surface area (Å²) in [6, 6.07) is 0. The molecule has 0 aromatic carbocycles. The molecule has 0 N–H and O–H groups in total. The Hall–Kier alpha value is -0.600. The van der Waals surface area contributed by atoms with Gasteiger partial charge < -0.3 is 4.74 Å². The molecule has 0 saturated heterocycles. The van der Waals surface area contributed by atoms with E-state index in [1.54, 1.807) is 0 Å². The van der Waals surface area contributed by atoms with E-state index in [1.165, 1.54) is 25.7 Å². The first-order valence-electron chi connectivity index (χ1n) is 8.52. The molecule has 0 radical (unpaired) electrons. The number of unbranched alkanes of at least 4 members (excludes halogenated alkanes) is 10. The summed E-state index contributed by atoms with van der Waals surface area (Å²) in [6.45, 7) is 2.56. The van der Waals surface area contributed by atoms with E-state index in [-0.39, 0.29) is 12.6 Å². The van der Waals surface area contributed by atoms with Crippen molar-refractivity contribution in [2.75, 3.05) is 13.3 Å². The highest BCUT2D eigenvalue weighted by Crippen LogP contribution is 2.08. The molecule has 0 saturated carbocycles. The highest BCUT2D eigenvalue weighted by Gasteiger charge is 2.02. The average molecular weight is 288 g/mol. The molecule has 0 heterocycles. The highest BCUT2D eigenvalue weighted by atomic mass is 19.1. The molecular formula is C17H33FO2. The highest BCUT2D eigenvalue weighted by molar-refractivity contribution is 5.69. The van der Waals surface area contributed by atoms with Crippen molar-refractivity contribution in [2.45, 2.75) is 90.4 Å². The zero-order valence-corrected chi connectivity index (χ0v) is 13.3. The van der Waals surface area contributed by atoms with Crippen LogP contribution in [-0.2, 0) is 9.53 Å². The van der Waals surface area contributed by atoms with Crippen LogP contribution in [0.4, 0.5) is 4.39 Å². The van der Waals surface area contributed by atoms with Gasteiger partial charge in [0.2, 0.25) is 0 Å². The minimum Gasteiger partial charge on any atom is -0.466 e. The van der Waals surface area contributed by atoms with Crippen molar-refractivity contribution in [3.63, 3.8) is 0 Å². The third kappa shape index (κ3) is 15.5. The lowest BCUT2D eigenvalue weighted by molar-refractivity contribution is -0.143. The summed E-state index contributed by atoms with van der Waals surface area (Å²) in [7, 11) is 0. The quantitative estimate of drug-likeness (QED) is 0.290. The maximum Gasteiger partial charge on any atom is 0.305 e. The predicted octanol–water partition coefficient (Wildman–Crippen LogP) is 5.59. The normalized spacial score (nSPS) is 10.7. The fourth-order valence-corrected chi connectivity index (χ4v) is 2.21. The minimum atomic E-state index is -0.198. The molecule has 0 amide bonds. The molecule has 0 spiro atoms. The van der Waals surface area contributed by atoms with Gasteiger partial charge in [-0.25, -0.2) is 0 Å². The van der Waals surface area contributed by atoms with Gasteiger partial charge in [-0.15, -0.1) is 0 Å². The topological polar surface area (TPSA) is 26.3 Å². The van der Waals surface area contributed by atoms with Crippen molar-refractivity contribution in [2.24, 2.45) is 0 Å². The third-order valence-corrected chi connectivity index (χ3v) is 3.53. The second-order valence-corrected chi connectivity index (χ2v) is 5.55. The zero-order chi connectivity index (χ0) is 14.9. The number of hydrogen-bond donors (Lipinski definition) is 0. The van der Waals surface area contributed by atoms with Crippen molar-refractivity contribution >= 4 is 5.97 Å². The van der Waals surface area contributed by atoms with Crippen LogP contribution in [0.2, 0.25) is 0 Å². The van der Waals surface area contributed by atoms with Gasteiger partial charge in [-0.2, -0.15) is 0 Å². The molecule has 20 heavy (non-hydrogen) atoms. The molecule has 0 aromatic rings. The maximum atomic E-state index is 11.8. The van der Waals surface area contributed by atoms with Crippen LogP contribution in [0.15, 0.2) is 0 Å². The molecule has 0 rings (SSSR count). The standard InChI is InChI=1S/C17H33FO2/c1-2-3-4-5-8-11-14-17(19)20-16-13-10-7-6-9-12-15-18/h2-16H2,1H3. The summed E-state index contributed by atoms with van der Waals surface area (Å²) in [6.07, 6.45) is 13.7. The van der Waals surface area contributed by atoms with Crippen LogP contribution >= 0.6 is 0 Å². The molecule has 0 aliphatic rings. The number of esters is 1. The van der Waals surface area contributed by atoms with Gasteiger partial charge in [-0.3, -0.25) is 9.18 Å². The van der Waals surface area contributed by atoms with Gasteiger partial charge in [0.25, 0.3) is 0 Å². The van der Waals surface area contributed by atoms with E-state index in [1.807, 2.05) is 0 Å². The molecule has 3 heteroatoms. The molecule has 0 atom stereocenters. The van der Waals surface area contributed by atoms with Gasteiger partial charge in [0.15, 0.2) is 0 Å². The van der Waals surface area contributed by atoms with E-state index >= 15 is 0 Å². The van der Waals surface area contributed by atoms with E-state index in [0.717, 1.165) is 44.9 Å². The Labute approximate surface area is 124 Å². The van der Waals surface area contributed by atoms with E-state index in [9.17, 15) is 9.18 Å². The maximum absolute atomic E-state index is 11.8. The molecule has 0 aromatic heterocycles. The molecule has 0 fully saturated rings. The monoisotopic (exact) mass is 288 g/mol. The number of rotatable bonds is 15. The van der Waals surface area contributed by atoms with Crippen LogP contribution in [0, 0.1) is 0 Å². The van der Waals surface area contributed by atoms with Crippen molar-refractivity contribution in [3.05, 3.63) is 0 Å². The van der Waals surface area contributed by atoms with Crippen LogP contribution < -0.4 is 0 Å². The summed E-state index contributed by atoms with van der Waals surface area (Å²) in [5, 5.41) is 0. The smallest absolute Gasteiger partial charge is 0.305 e. The van der Waals surface area contributed by atoms with Crippen molar-refractivity contribution in [3.8, 4) is 0 Å². The van der Waals surface area contributed by atoms with Gasteiger partial charge in [-0.1, -0.05) is 64.7 Å². The Bertz CT molecular complexity index is 207. The third-order valence-electron chi connectivity index (χ3n) is 3.53. The lowest BCUT2D eigenvalue weighted by Crippen LogP contribution is -2.05. The average Bonchev–Trinajstić information content (AvgIpc) is 2.45. The lowest BCUT2D eigenvalue weighted by atomic mass is 10.1. The van der Waals surface area contributed by atoms with Crippen molar-refractivity contribution in [1.82, 2.24) is 0 Å². The fourth-order valence-electron chi connectivity index (χ4n) is 2.21. The Kier molecular flexibility index (Phi) is 16.0. The van der Waals surface area contributed by atoms with E-state index in [4.69, 9.17) is 4.74 Å². The number of halogens is 1. The lowest BCUT2D eigenvalue weighted by Gasteiger charge is -2.05. The number of carbonyl (C=O) groups is 1.